The smallest absolute Gasteiger partial charge is 0.275 e. The van der Waals surface area contributed by atoms with Gasteiger partial charge in [0.25, 0.3) is 5.56 Å². The number of benzene rings is 3. The van der Waals surface area contributed by atoms with Gasteiger partial charge in [0.2, 0.25) is 0 Å². The molecule has 0 fully saturated rings. The fourth-order valence-corrected chi connectivity index (χ4v) is 4.04. The van der Waals surface area contributed by atoms with Crippen LogP contribution in [-0.2, 0) is 23.4 Å². The molecule has 0 amide bonds. The largest absolute Gasteiger partial charge is 0.306 e. The lowest BCUT2D eigenvalue weighted by Crippen LogP contribution is -2.25. The van der Waals surface area contributed by atoms with Crippen LogP contribution in [-0.4, -0.2) is 18.5 Å². The molecule has 5 nitrogen and oxygen atoms in total. The van der Waals surface area contributed by atoms with Crippen LogP contribution >= 0.6 is 0 Å². The van der Waals surface area contributed by atoms with E-state index in [0.29, 0.717) is 17.7 Å². The molecule has 0 aliphatic carbocycles. The predicted octanol–water partition coefficient (Wildman–Crippen LogP) is 4.99. The Labute approximate surface area is 189 Å². The van der Waals surface area contributed by atoms with E-state index in [-0.39, 0.29) is 11.3 Å². The van der Waals surface area contributed by atoms with Crippen molar-refractivity contribution < 1.29 is 8.76 Å². The summed E-state index contributed by atoms with van der Waals surface area (Å²) in [6.45, 7) is 4.16. The molecule has 0 aliphatic heterocycles. The number of rotatable bonds is 7. The maximum absolute atomic E-state index is 13.5. The van der Waals surface area contributed by atoms with Crippen LogP contribution in [0, 0.1) is 0 Å². The summed E-state index contributed by atoms with van der Waals surface area (Å²) >= 11 is -1.91. The molecule has 1 unspecified atom stereocenters. The van der Waals surface area contributed by atoms with Crippen molar-refractivity contribution in [1.29, 1.82) is 0 Å². The van der Waals surface area contributed by atoms with E-state index in [1.807, 2.05) is 66.7 Å². The van der Waals surface area contributed by atoms with Crippen LogP contribution in [0.3, 0.4) is 0 Å². The van der Waals surface area contributed by atoms with Gasteiger partial charge in [0.15, 0.2) is 11.1 Å². The number of hydrogen-bond donors (Lipinski definition) is 1. The fraction of sp³-hybridized carbons (Fsp3) is 0.0769. The van der Waals surface area contributed by atoms with Gasteiger partial charge in [-0.25, -0.2) is 8.89 Å². The highest BCUT2D eigenvalue weighted by atomic mass is 32.2. The zero-order valence-corrected chi connectivity index (χ0v) is 18.2. The third-order valence-electron chi connectivity index (χ3n) is 5.21. The summed E-state index contributed by atoms with van der Waals surface area (Å²) < 4.78 is 21.7. The normalized spacial score (nSPS) is 11.8. The highest BCUT2D eigenvalue weighted by Gasteiger charge is 2.16. The second-order valence-corrected chi connectivity index (χ2v) is 8.30. The van der Waals surface area contributed by atoms with Crippen molar-refractivity contribution in [3.8, 4) is 22.3 Å². The zero-order valence-electron chi connectivity index (χ0n) is 17.3. The van der Waals surface area contributed by atoms with Crippen molar-refractivity contribution in [1.82, 2.24) is 9.78 Å². The van der Waals surface area contributed by atoms with Crippen LogP contribution in [0.15, 0.2) is 96.4 Å². The number of aromatic nitrogens is 2. The first kappa shape index (κ1) is 21.6. The summed E-state index contributed by atoms with van der Waals surface area (Å²) in [4.78, 5) is 13.5. The Morgan fingerprint density at radius 1 is 0.906 bits per heavy atom. The first-order chi connectivity index (χ1) is 15.5. The molecular weight excluding hydrogens is 420 g/mol. The summed E-state index contributed by atoms with van der Waals surface area (Å²) in [6.07, 6.45) is 3.47. The highest BCUT2D eigenvalue weighted by molar-refractivity contribution is 7.78. The lowest BCUT2D eigenvalue weighted by atomic mass is 9.96. The molecule has 4 rings (SSSR count). The Balaban J connectivity index is 1.83. The molecule has 0 spiro atoms. The molecule has 1 atom stereocenters. The lowest BCUT2D eigenvalue weighted by Gasteiger charge is -2.13. The Hall–Kier alpha value is -3.61. The van der Waals surface area contributed by atoms with Crippen LogP contribution < -0.4 is 5.56 Å². The third-order valence-corrected chi connectivity index (χ3v) is 5.79. The SMILES string of the molecule is C=Cc1ccc(-c2c(-c3ccc(CS(=O)O)cc3)cnn(Cc3ccccc3)c2=O)cc1. The quantitative estimate of drug-likeness (QED) is 0.409. The molecule has 1 aromatic heterocycles. The van der Waals surface area contributed by atoms with Gasteiger partial charge in [-0.1, -0.05) is 91.5 Å². The van der Waals surface area contributed by atoms with Gasteiger partial charge in [-0.3, -0.25) is 4.79 Å². The minimum absolute atomic E-state index is 0.0626. The van der Waals surface area contributed by atoms with Gasteiger partial charge < -0.3 is 4.55 Å². The van der Waals surface area contributed by atoms with Gasteiger partial charge >= 0.3 is 0 Å². The summed E-state index contributed by atoms with van der Waals surface area (Å²) in [5.41, 5.74) is 5.40. The summed E-state index contributed by atoms with van der Waals surface area (Å²) in [6, 6.07) is 24.7. The average molecular weight is 443 g/mol. The fourth-order valence-electron chi connectivity index (χ4n) is 3.56. The average Bonchev–Trinajstić information content (AvgIpc) is 2.81. The standard InChI is InChI=1S/C26H22N2O3S/c1-2-19-8-14-23(15-9-19)25-24(22-12-10-21(11-13-22)18-32(30)31)16-27-28(26(25)29)17-20-6-4-3-5-7-20/h2-16H,1,17-18H2,(H,30,31). The van der Waals surface area contributed by atoms with E-state index in [2.05, 4.69) is 11.7 Å². The van der Waals surface area contributed by atoms with E-state index in [1.54, 1.807) is 24.4 Å². The van der Waals surface area contributed by atoms with E-state index in [1.165, 1.54) is 4.68 Å². The Morgan fingerprint density at radius 2 is 1.56 bits per heavy atom. The van der Waals surface area contributed by atoms with Crippen molar-refractivity contribution >= 4 is 17.2 Å². The molecule has 0 bridgehead atoms. The van der Waals surface area contributed by atoms with Gasteiger partial charge in [0.05, 0.1) is 24.1 Å². The Bertz CT molecular complexity index is 1310. The zero-order chi connectivity index (χ0) is 22.5. The van der Waals surface area contributed by atoms with Crippen molar-refractivity contribution in [2.24, 2.45) is 0 Å². The molecule has 4 aromatic rings. The minimum atomic E-state index is -1.91. The van der Waals surface area contributed by atoms with Crippen LogP contribution in [0.2, 0.25) is 0 Å². The molecule has 0 radical (unpaired) electrons. The molecule has 0 saturated carbocycles. The second kappa shape index (κ2) is 9.68. The molecule has 0 aliphatic rings. The van der Waals surface area contributed by atoms with E-state index < -0.39 is 11.1 Å². The van der Waals surface area contributed by atoms with Crippen molar-refractivity contribution in [2.75, 3.05) is 0 Å². The van der Waals surface area contributed by atoms with Crippen LogP contribution in [0.4, 0.5) is 0 Å². The van der Waals surface area contributed by atoms with Crippen LogP contribution in [0.5, 0.6) is 0 Å². The first-order valence-electron chi connectivity index (χ1n) is 10.1. The second-order valence-electron chi connectivity index (χ2n) is 7.37. The minimum Gasteiger partial charge on any atom is -0.306 e. The van der Waals surface area contributed by atoms with Crippen molar-refractivity contribution in [3.05, 3.63) is 119 Å². The van der Waals surface area contributed by atoms with Crippen molar-refractivity contribution in [2.45, 2.75) is 12.3 Å². The molecule has 0 saturated heterocycles. The summed E-state index contributed by atoms with van der Waals surface area (Å²) in [7, 11) is 0. The van der Waals surface area contributed by atoms with E-state index in [9.17, 15) is 9.00 Å². The molecule has 6 heteroatoms. The van der Waals surface area contributed by atoms with Crippen LogP contribution in [0.1, 0.15) is 16.7 Å². The monoisotopic (exact) mass is 442 g/mol. The lowest BCUT2D eigenvalue weighted by molar-refractivity contribution is 0.563. The Morgan fingerprint density at radius 3 is 2.19 bits per heavy atom. The maximum Gasteiger partial charge on any atom is 0.275 e. The van der Waals surface area contributed by atoms with Gasteiger partial charge in [0, 0.05) is 5.56 Å². The van der Waals surface area contributed by atoms with E-state index in [4.69, 9.17) is 4.55 Å². The van der Waals surface area contributed by atoms with Crippen molar-refractivity contribution in [3.63, 3.8) is 0 Å². The molecule has 160 valence electrons. The molecule has 3 aromatic carbocycles. The van der Waals surface area contributed by atoms with E-state index in [0.717, 1.165) is 27.8 Å². The van der Waals surface area contributed by atoms with Gasteiger partial charge in [-0.05, 0) is 27.8 Å². The predicted molar refractivity (Wildman–Crippen MR) is 129 cm³/mol. The number of hydrogen-bond acceptors (Lipinski definition) is 3. The Kier molecular flexibility index (Phi) is 6.54. The molecule has 32 heavy (non-hydrogen) atoms. The van der Waals surface area contributed by atoms with Gasteiger partial charge in [-0.15, -0.1) is 0 Å². The molecule has 1 heterocycles. The van der Waals surface area contributed by atoms with Crippen LogP contribution in [0.25, 0.3) is 28.3 Å². The third kappa shape index (κ3) is 4.82. The number of nitrogens with zero attached hydrogens (tertiary/aromatic N) is 2. The topological polar surface area (TPSA) is 72.2 Å². The summed E-state index contributed by atoms with van der Waals surface area (Å²) in [5.74, 6) is 0.0626. The highest BCUT2D eigenvalue weighted by Crippen LogP contribution is 2.29. The maximum atomic E-state index is 13.5. The molecule has 1 N–H and O–H groups in total. The first-order valence-corrected chi connectivity index (χ1v) is 11.4. The van der Waals surface area contributed by atoms with E-state index >= 15 is 0 Å². The van der Waals surface area contributed by atoms with Gasteiger partial charge in [-0.2, -0.15) is 5.10 Å². The van der Waals surface area contributed by atoms with Gasteiger partial charge in [0.1, 0.15) is 0 Å². The molecular formula is C26H22N2O3S. The summed E-state index contributed by atoms with van der Waals surface area (Å²) in [5, 5.41) is 4.44.